The number of methoxy groups -OCH3 is 1. The maximum Gasteiger partial charge on any atom is 0.139 e. The molecule has 3 N–H and O–H groups in total. The summed E-state index contributed by atoms with van der Waals surface area (Å²) in [5.41, 5.74) is 6.61. The van der Waals surface area contributed by atoms with Crippen LogP contribution in [0.2, 0.25) is 0 Å². The molecule has 1 rings (SSSR count). The van der Waals surface area contributed by atoms with Crippen molar-refractivity contribution in [3.05, 3.63) is 29.8 Å². The zero-order valence-electron chi connectivity index (χ0n) is 11.3. The second kappa shape index (κ2) is 9.22. The molecule has 0 saturated carbocycles. The first-order chi connectivity index (χ1) is 9.26. The summed E-state index contributed by atoms with van der Waals surface area (Å²) in [7, 11) is 1.70. The van der Waals surface area contributed by atoms with Gasteiger partial charge in [0.25, 0.3) is 0 Å². The second-order valence-electron chi connectivity index (χ2n) is 4.28. The number of nitrogens with two attached hydrogens (primary N) is 1. The van der Waals surface area contributed by atoms with Gasteiger partial charge in [-0.3, -0.25) is 0 Å². The lowest BCUT2D eigenvalue weighted by Crippen LogP contribution is -2.11. The Labute approximate surface area is 114 Å². The topological polar surface area (TPSA) is 77.1 Å². The Kier molecular flexibility index (Phi) is 7.43. The van der Waals surface area contributed by atoms with Crippen LogP contribution in [0.1, 0.15) is 24.8 Å². The van der Waals surface area contributed by atoms with Crippen molar-refractivity contribution < 1.29 is 14.7 Å². The minimum Gasteiger partial charge on any atom is -0.494 e. The molecule has 0 unspecified atom stereocenters. The van der Waals surface area contributed by atoms with E-state index in [1.807, 2.05) is 24.3 Å². The predicted molar refractivity (Wildman–Crippen MR) is 74.8 cm³/mol. The van der Waals surface area contributed by atoms with E-state index in [0.29, 0.717) is 13.0 Å². The normalized spacial score (nSPS) is 11.5. The maximum absolute atomic E-state index is 8.38. The van der Waals surface area contributed by atoms with Crippen molar-refractivity contribution in [2.45, 2.75) is 25.7 Å². The highest BCUT2D eigenvalue weighted by atomic mass is 16.5. The standard InChI is InChI=1S/C14H22N2O3/c1-18-11-9-12-5-7-13(8-6-12)19-10-3-2-4-14(15)16-17/h5-8,17H,2-4,9-11H2,1H3,(H2,15,16). The molecule has 0 atom stereocenters. The summed E-state index contributed by atoms with van der Waals surface area (Å²) >= 11 is 0. The fourth-order valence-electron chi connectivity index (χ4n) is 1.62. The highest BCUT2D eigenvalue weighted by Crippen LogP contribution is 2.13. The van der Waals surface area contributed by atoms with Crippen molar-refractivity contribution >= 4 is 5.84 Å². The van der Waals surface area contributed by atoms with Gasteiger partial charge in [-0.2, -0.15) is 0 Å². The molecule has 0 saturated heterocycles. The number of rotatable bonds is 9. The molecule has 0 spiro atoms. The van der Waals surface area contributed by atoms with E-state index >= 15 is 0 Å². The maximum atomic E-state index is 8.38. The lowest BCUT2D eigenvalue weighted by atomic mass is 10.1. The summed E-state index contributed by atoms with van der Waals surface area (Å²) in [6, 6.07) is 8.03. The van der Waals surface area contributed by atoms with Gasteiger partial charge in [-0.15, -0.1) is 0 Å². The monoisotopic (exact) mass is 266 g/mol. The molecule has 0 bridgehead atoms. The van der Waals surface area contributed by atoms with Crippen LogP contribution in [-0.2, 0) is 11.2 Å². The number of hydrogen-bond donors (Lipinski definition) is 2. The van der Waals surface area contributed by atoms with Crippen molar-refractivity contribution in [3.8, 4) is 5.75 Å². The van der Waals surface area contributed by atoms with Gasteiger partial charge in [-0.05, 0) is 37.0 Å². The summed E-state index contributed by atoms with van der Waals surface area (Å²) in [6.45, 7) is 1.37. The number of ether oxygens (including phenoxy) is 2. The zero-order chi connectivity index (χ0) is 13.9. The number of amidine groups is 1. The lowest BCUT2D eigenvalue weighted by Gasteiger charge is -2.07. The summed E-state index contributed by atoms with van der Waals surface area (Å²) in [6.07, 6.45) is 3.23. The smallest absolute Gasteiger partial charge is 0.139 e. The highest BCUT2D eigenvalue weighted by molar-refractivity contribution is 5.79. The first-order valence-corrected chi connectivity index (χ1v) is 6.43. The second-order valence-corrected chi connectivity index (χ2v) is 4.28. The Morgan fingerprint density at radius 3 is 2.58 bits per heavy atom. The van der Waals surface area contributed by atoms with E-state index in [0.717, 1.165) is 31.6 Å². The summed E-state index contributed by atoms with van der Waals surface area (Å²) in [5.74, 6) is 1.13. The first-order valence-electron chi connectivity index (χ1n) is 6.43. The van der Waals surface area contributed by atoms with E-state index in [9.17, 15) is 0 Å². The minimum atomic E-state index is 0.266. The third-order valence-electron chi connectivity index (χ3n) is 2.74. The van der Waals surface area contributed by atoms with E-state index in [1.54, 1.807) is 7.11 Å². The van der Waals surface area contributed by atoms with E-state index in [1.165, 1.54) is 5.56 Å². The number of hydrogen-bond acceptors (Lipinski definition) is 4. The molecular formula is C14H22N2O3. The number of unbranched alkanes of at least 4 members (excludes halogenated alkanes) is 1. The highest BCUT2D eigenvalue weighted by Gasteiger charge is 1.97. The van der Waals surface area contributed by atoms with Gasteiger partial charge in [0.15, 0.2) is 0 Å². The van der Waals surface area contributed by atoms with Gasteiger partial charge in [0.2, 0.25) is 0 Å². The molecule has 0 heterocycles. The Morgan fingerprint density at radius 2 is 1.95 bits per heavy atom. The van der Waals surface area contributed by atoms with Gasteiger partial charge >= 0.3 is 0 Å². The van der Waals surface area contributed by atoms with Crippen LogP contribution in [0.25, 0.3) is 0 Å². The molecule has 0 aliphatic carbocycles. The first kappa shape index (κ1) is 15.3. The molecule has 106 valence electrons. The van der Waals surface area contributed by atoms with Crippen LogP contribution < -0.4 is 10.5 Å². The van der Waals surface area contributed by atoms with Gasteiger partial charge in [-0.1, -0.05) is 17.3 Å². The summed E-state index contributed by atoms with van der Waals surface area (Å²) < 4.78 is 10.6. The molecule has 1 aromatic rings. The zero-order valence-corrected chi connectivity index (χ0v) is 11.3. The number of oxime groups is 1. The van der Waals surface area contributed by atoms with E-state index in [-0.39, 0.29) is 5.84 Å². The Balaban J connectivity index is 2.19. The third kappa shape index (κ3) is 6.67. The van der Waals surface area contributed by atoms with Gasteiger partial charge in [-0.25, -0.2) is 0 Å². The average molecular weight is 266 g/mol. The molecular weight excluding hydrogens is 244 g/mol. The fraction of sp³-hybridized carbons (Fsp3) is 0.500. The van der Waals surface area contributed by atoms with Crippen LogP contribution in [0.15, 0.2) is 29.4 Å². The molecule has 5 heteroatoms. The Hall–Kier alpha value is -1.75. The van der Waals surface area contributed by atoms with Crippen LogP contribution in [0.3, 0.4) is 0 Å². The van der Waals surface area contributed by atoms with Gasteiger partial charge < -0.3 is 20.4 Å². The van der Waals surface area contributed by atoms with Crippen LogP contribution in [-0.4, -0.2) is 31.4 Å². The molecule has 5 nitrogen and oxygen atoms in total. The molecule has 0 aromatic heterocycles. The van der Waals surface area contributed by atoms with Gasteiger partial charge in [0.05, 0.1) is 13.2 Å². The molecule has 0 aliphatic heterocycles. The van der Waals surface area contributed by atoms with Crippen LogP contribution in [0, 0.1) is 0 Å². The Morgan fingerprint density at radius 1 is 1.21 bits per heavy atom. The van der Waals surface area contributed by atoms with Crippen LogP contribution >= 0.6 is 0 Å². The van der Waals surface area contributed by atoms with E-state index in [2.05, 4.69) is 5.16 Å². The van der Waals surface area contributed by atoms with Crippen molar-refractivity contribution in [3.63, 3.8) is 0 Å². The summed E-state index contributed by atoms with van der Waals surface area (Å²) in [5, 5.41) is 11.3. The average Bonchev–Trinajstić information content (AvgIpc) is 2.45. The molecule has 0 aliphatic rings. The van der Waals surface area contributed by atoms with Crippen molar-refractivity contribution in [1.29, 1.82) is 0 Å². The summed E-state index contributed by atoms with van der Waals surface area (Å²) in [4.78, 5) is 0. The third-order valence-corrected chi connectivity index (χ3v) is 2.74. The predicted octanol–water partition coefficient (Wildman–Crippen LogP) is 2.17. The SMILES string of the molecule is COCCc1ccc(OCCCCC(N)=NO)cc1. The van der Waals surface area contributed by atoms with Crippen LogP contribution in [0.5, 0.6) is 5.75 Å². The quantitative estimate of drug-likeness (QED) is 0.236. The van der Waals surface area contributed by atoms with Gasteiger partial charge in [0, 0.05) is 13.5 Å². The van der Waals surface area contributed by atoms with Crippen molar-refractivity contribution in [1.82, 2.24) is 0 Å². The molecule has 1 aromatic carbocycles. The number of nitrogens with zero attached hydrogens (tertiary/aromatic N) is 1. The molecule has 0 amide bonds. The van der Waals surface area contributed by atoms with Crippen molar-refractivity contribution in [2.24, 2.45) is 10.9 Å². The fourth-order valence-corrected chi connectivity index (χ4v) is 1.62. The van der Waals surface area contributed by atoms with Crippen molar-refractivity contribution in [2.75, 3.05) is 20.3 Å². The molecule has 19 heavy (non-hydrogen) atoms. The minimum absolute atomic E-state index is 0.266. The molecule has 0 radical (unpaired) electrons. The number of benzene rings is 1. The molecule has 0 fully saturated rings. The van der Waals surface area contributed by atoms with E-state index in [4.69, 9.17) is 20.4 Å². The lowest BCUT2D eigenvalue weighted by molar-refractivity contribution is 0.202. The largest absolute Gasteiger partial charge is 0.494 e. The van der Waals surface area contributed by atoms with E-state index < -0.39 is 0 Å². The van der Waals surface area contributed by atoms with Crippen LogP contribution in [0.4, 0.5) is 0 Å². The Bertz CT molecular complexity index is 377. The van der Waals surface area contributed by atoms with Gasteiger partial charge in [0.1, 0.15) is 11.6 Å².